The third-order valence-corrected chi connectivity index (χ3v) is 2.23. The van der Waals surface area contributed by atoms with Gasteiger partial charge in [0.05, 0.1) is 0 Å². The molecule has 1 rings (SSSR count). The molecule has 0 unspecified atom stereocenters. The third-order valence-electron chi connectivity index (χ3n) is 2.23. The highest BCUT2D eigenvalue weighted by molar-refractivity contribution is 5.57. The van der Waals surface area contributed by atoms with Crippen molar-refractivity contribution in [3.05, 3.63) is 23.3 Å². The monoisotopic (exact) mass is 219 g/mol. The fraction of sp³-hybridized carbons (Fsp3) is 0.400. The molecule has 0 saturated carbocycles. The van der Waals surface area contributed by atoms with Crippen LogP contribution in [0.4, 0.5) is 18.9 Å². The predicted molar refractivity (Wildman–Crippen MR) is 52.1 cm³/mol. The van der Waals surface area contributed by atoms with Crippen molar-refractivity contribution in [3.8, 4) is 5.75 Å². The molecule has 0 bridgehead atoms. The molecule has 0 saturated heterocycles. The van der Waals surface area contributed by atoms with Gasteiger partial charge in [-0.25, -0.2) is 0 Å². The molecule has 0 fully saturated rings. The van der Waals surface area contributed by atoms with Crippen molar-refractivity contribution >= 4 is 5.69 Å². The Kier molecular flexibility index (Phi) is 3.12. The van der Waals surface area contributed by atoms with Gasteiger partial charge >= 0.3 is 6.36 Å². The molecule has 2 nitrogen and oxygen atoms in total. The summed E-state index contributed by atoms with van der Waals surface area (Å²) in [6, 6.07) is 2.87. The Morgan fingerprint density at radius 3 is 2.20 bits per heavy atom. The molecule has 0 aromatic heterocycles. The van der Waals surface area contributed by atoms with E-state index in [9.17, 15) is 13.2 Å². The Morgan fingerprint density at radius 1 is 1.13 bits per heavy atom. The molecular formula is C10H12F3NO. The number of hydrogen-bond acceptors (Lipinski definition) is 2. The number of hydrogen-bond donors (Lipinski definition) is 1. The number of anilines is 1. The minimum atomic E-state index is -4.64. The van der Waals surface area contributed by atoms with Crippen LogP contribution < -0.4 is 10.1 Å². The topological polar surface area (TPSA) is 21.3 Å². The molecule has 0 radical (unpaired) electrons. The van der Waals surface area contributed by atoms with Gasteiger partial charge in [-0.2, -0.15) is 0 Å². The molecular weight excluding hydrogens is 207 g/mol. The van der Waals surface area contributed by atoms with E-state index < -0.39 is 6.36 Å². The SMILES string of the molecule is CNc1ccc(OC(F)(F)F)c(C)c1C. The predicted octanol–water partition coefficient (Wildman–Crippen LogP) is 3.24. The van der Waals surface area contributed by atoms with Gasteiger partial charge in [0, 0.05) is 12.7 Å². The number of nitrogens with one attached hydrogen (secondary N) is 1. The van der Waals surface area contributed by atoms with Gasteiger partial charge in [0.25, 0.3) is 0 Å². The first kappa shape index (κ1) is 11.7. The van der Waals surface area contributed by atoms with Crippen molar-refractivity contribution in [1.29, 1.82) is 0 Å². The summed E-state index contributed by atoms with van der Waals surface area (Å²) in [6.07, 6.45) is -4.64. The average molecular weight is 219 g/mol. The zero-order valence-electron chi connectivity index (χ0n) is 8.70. The highest BCUT2D eigenvalue weighted by atomic mass is 19.4. The Balaban J connectivity index is 3.07. The molecule has 0 spiro atoms. The van der Waals surface area contributed by atoms with Crippen LogP contribution in [-0.2, 0) is 0 Å². The zero-order valence-corrected chi connectivity index (χ0v) is 8.70. The van der Waals surface area contributed by atoms with Crippen molar-refractivity contribution < 1.29 is 17.9 Å². The summed E-state index contributed by atoms with van der Waals surface area (Å²) in [6.45, 7) is 3.33. The summed E-state index contributed by atoms with van der Waals surface area (Å²) in [4.78, 5) is 0. The van der Waals surface area contributed by atoms with Gasteiger partial charge in [-0.05, 0) is 37.1 Å². The lowest BCUT2D eigenvalue weighted by Gasteiger charge is -2.15. The lowest BCUT2D eigenvalue weighted by Crippen LogP contribution is -2.18. The van der Waals surface area contributed by atoms with Crippen LogP contribution in [0.15, 0.2) is 12.1 Å². The van der Waals surface area contributed by atoms with E-state index >= 15 is 0 Å². The van der Waals surface area contributed by atoms with Crippen LogP contribution in [0.3, 0.4) is 0 Å². The molecule has 15 heavy (non-hydrogen) atoms. The van der Waals surface area contributed by atoms with Gasteiger partial charge in [-0.15, -0.1) is 13.2 Å². The Morgan fingerprint density at radius 2 is 1.73 bits per heavy atom. The molecule has 0 heterocycles. The average Bonchev–Trinajstić information content (AvgIpc) is 2.11. The molecule has 0 aliphatic carbocycles. The summed E-state index contributed by atoms with van der Waals surface area (Å²) in [7, 11) is 1.71. The quantitative estimate of drug-likeness (QED) is 0.824. The van der Waals surface area contributed by atoms with E-state index in [0.29, 0.717) is 5.56 Å². The van der Waals surface area contributed by atoms with Crippen molar-refractivity contribution in [3.63, 3.8) is 0 Å². The fourth-order valence-corrected chi connectivity index (χ4v) is 1.30. The maximum absolute atomic E-state index is 12.0. The third kappa shape index (κ3) is 2.78. The van der Waals surface area contributed by atoms with E-state index in [2.05, 4.69) is 10.1 Å². The number of halogens is 3. The standard InChI is InChI=1S/C10H12F3NO/c1-6-7(2)9(15-10(11,12)13)5-4-8(6)14-3/h4-5,14H,1-3H3. The highest BCUT2D eigenvalue weighted by Gasteiger charge is 2.31. The second-order valence-corrected chi connectivity index (χ2v) is 3.16. The molecule has 0 aliphatic rings. The first-order valence-corrected chi connectivity index (χ1v) is 4.39. The second-order valence-electron chi connectivity index (χ2n) is 3.16. The van der Waals surface area contributed by atoms with E-state index in [1.54, 1.807) is 27.0 Å². The van der Waals surface area contributed by atoms with Crippen LogP contribution >= 0.6 is 0 Å². The van der Waals surface area contributed by atoms with Gasteiger partial charge in [-0.1, -0.05) is 0 Å². The Hall–Kier alpha value is -1.39. The zero-order chi connectivity index (χ0) is 11.6. The van der Waals surface area contributed by atoms with E-state index in [4.69, 9.17) is 0 Å². The highest BCUT2D eigenvalue weighted by Crippen LogP contribution is 2.31. The number of rotatable bonds is 2. The first-order valence-electron chi connectivity index (χ1n) is 4.39. The van der Waals surface area contributed by atoms with Crippen molar-refractivity contribution in [1.82, 2.24) is 0 Å². The second kappa shape index (κ2) is 4.00. The maximum atomic E-state index is 12.0. The summed E-state index contributed by atoms with van der Waals surface area (Å²) in [5.74, 6) is -0.154. The van der Waals surface area contributed by atoms with Gasteiger partial charge < -0.3 is 10.1 Å². The van der Waals surface area contributed by atoms with E-state index in [0.717, 1.165) is 11.3 Å². The maximum Gasteiger partial charge on any atom is 0.573 e. The molecule has 1 aromatic carbocycles. The summed E-state index contributed by atoms with van der Waals surface area (Å²) < 4.78 is 39.9. The minimum Gasteiger partial charge on any atom is -0.406 e. The van der Waals surface area contributed by atoms with Crippen LogP contribution in [0, 0.1) is 13.8 Å². The molecule has 0 aliphatic heterocycles. The first-order chi connectivity index (χ1) is 6.85. The van der Waals surface area contributed by atoms with Gasteiger partial charge in [0.1, 0.15) is 5.75 Å². The van der Waals surface area contributed by atoms with Crippen molar-refractivity contribution in [2.24, 2.45) is 0 Å². The Bertz CT molecular complexity index is 360. The number of ether oxygens (including phenoxy) is 1. The van der Waals surface area contributed by atoms with Crippen molar-refractivity contribution in [2.45, 2.75) is 20.2 Å². The molecule has 1 N–H and O–H groups in total. The van der Waals surface area contributed by atoms with Crippen LogP contribution in [0.25, 0.3) is 0 Å². The number of alkyl halides is 3. The van der Waals surface area contributed by atoms with E-state index in [1.807, 2.05) is 0 Å². The number of benzene rings is 1. The lowest BCUT2D eigenvalue weighted by molar-refractivity contribution is -0.274. The summed E-state index contributed by atoms with van der Waals surface area (Å²) in [5.41, 5.74) is 2.03. The molecule has 0 amide bonds. The summed E-state index contributed by atoms with van der Waals surface area (Å²) >= 11 is 0. The molecule has 1 aromatic rings. The van der Waals surface area contributed by atoms with Crippen LogP contribution in [0.1, 0.15) is 11.1 Å². The largest absolute Gasteiger partial charge is 0.573 e. The molecule has 0 atom stereocenters. The van der Waals surface area contributed by atoms with Gasteiger partial charge in [0.2, 0.25) is 0 Å². The van der Waals surface area contributed by atoms with E-state index in [1.165, 1.54) is 6.07 Å². The lowest BCUT2D eigenvalue weighted by atomic mass is 10.1. The Labute approximate surface area is 86.1 Å². The van der Waals surface area contributed by atoms with Gasteiger partial charge in [-0.3, -0.25) is 0 Å². The van der Waals surface area contributed by atoms with Gasteiger partial charge in [0.15, 0.2) is 0 Å². The normalized spacial score (nSPS) is 11.3. The van der Waals surface area contributed by atoms with Crippen LogP contribution in [-0.4, -0.2) is 13.4 Å². The van der Waals surface area contributed by atoms with E-state index in [-0.39, 0.29) is 5.75 Å². The molecule has 84 valence electrons. The summed E-state index contributed by atoms with van der Waals surface area (Å²) in [5, 5.41) is 2.89. The fourth-order valence-electron chi connectivity index (χ4n) is 1.30. The van der Waals surface area contributed by atoms with Crippen molar-refractivity contribution in [2.75, 3.05) is 12.4 Å². The van der Waals surface area contributed by atoms with Crippen LogP contribution in [0.2, 0.25) is 0 Å². The minimum absolute atomic E-state index is 0.154. The smallest absolute Gasteiger partial charge is 0.406 e. The van der Waals surface area contributed by atoms with Crippen LogP contribution in [0.5, 0.6) is 5.75 Å². The molecule has 5 heteroatoms.